The van der Waals surface area contributed by atoms with Gasteiger partial charge >= 0.3 is 145 Å². The molecule has 2 aliphatic rings. The molecule has 4 atom stereocenters. The van der Waals surface area contributed by atoms with E-state index in [2.05, 4.69) is 55.0 Å². The molecule has 0 heterocycles. The number of allylic oxidation sites excluding steroid dienone is 1. The zero-order valence-corrected chi connectivity index (χ0v) is 36.6. The first-order valence-corrected chi connectivity index (χ1v) is 21.7. The van der Waals surface area contributed by atoms with Crippen LogP contribution in [0.15, 0.2) is 12.3 Å². The van der Waals surface area contributed by atoms with Crippen LogP contribution in [0.1, 0.15) is 190 Å². The molecule has 0 aromatic rings. The van der Waals surface area contributed by atoms with E-state index in [9.17, 15) is 4.79 Å². The Kier molecular flexibility index (Phi) is 25.9. The Labute approximate surface area is 290 Å². The first-order valence-electron chi connectivity index (χ1n) is 17.8. The summed E-state index contributed by atoms with van der Waals surface area (Å²) >= 11 is 2.35. The summed E-state index contributed by atoms with van der Waals surface area (Å²) in [5.41, 5.74) is 0.630. The average molecular weight is 961 g/mol. The third-order valence-electron chi connectivity index (χ3n) is 9.17. The summed E-state index contributed by atoms with van der Waals surface area (Å²) in [7, 11) is 0. The molecule has 0 aliphatic heterocycles. The van der Waals surface area contributed by atoms with Crippen molar-refractivity contribution >= 4 is 57.3 Å². The van der Waals surface area contributed by atoms with Crippen LogP contribution in [0.4, 0.5) is 0 Å². The number of hydrogen-bond acceptors (Lipinski definition) is 2. The Bertz CT molecular complexity index is 656. The third kappa shape index (κ3) is 21.4. The predicted molar refractivity (Wildman–Crippen MR) is 184 cm³/mol. The minimum Gasteiger partial charge on any atom is -0.300 e. The number of hydrogen-bond donors (Lipinski definition) is 0. The van der Waals surface area contributed by atoms with Crippen LogP contribution in [0.2, 0.25) is 0.533 Å². The Morgan fingerprint density at radius 1 is 0.902 bits per heavy atom. The molecule has 41 heavy (non-hydrogen) atoms. The van der Waals surface area contributed by atoms with Crippen molar-refractivity contribution in [2.45, 2.75) is 196 Å². The summed E-state index contributed by atoms with van der Waals surface area (Å²) in [6.45, 7) is 19.9. The van der Waals surface area contributed by atoms with Crippen LogP contribution in [0, 0.1) is 17.3 Å². The molecule has 2 aliphatic carbocycles. The number of unbranched alkanes of at least 4 members (excludes halogenated alkanes) is 9. The summed E-state index contributed by atoms with van der Waals surface area (Å²) in [5.74, 6) is 3.08. The normalized spacial score (nSPS) is 22.8. The van der Waals surface area contributed by atoms with Gasteiger partial charge in [-0.3, -0.25) is 4.79 Å². The summed E-state index contributed by atoms with van der Waals surface area (Å²) in [6, 6.07) is 0. The second-order valence-electron chi connectivity index (χ2n) is 13.9. The van der Waals surface area contributed by atoms with Gasteiger partial charge in [0.15, 0.2) is 0 Å². The minimum atomic E-state index is 0.354. The van der Waals surface area contributed by atoms with Gasteiger partial charge in [0, 0.05) is 12.8 Å². The fourth-order valence-electron chi connectivity index (χ4n) is 6.33. The summed E-state index contributed by atoms with van der Waals surface area (Å²) in [5, 5.41) is 0. The molecule has 2 fully saturated rings. The van der Waals surface area contributed by atoms with Gasteiger partial charge in [0.05, 0.1) is 0 Å². The zero-order valence-electron chi connectivity index (χ0n) is 28.8. The average Bonchev–Trinajstić information content (AvgIpc) is 2.91. The molecule has 6 radical (unpaired) electrons. The minimum absolute atomic E-state index is 0.354. The van der Waals surface area contributed by atoms with Gasteiger partial charge < -0.3 is 0 Å². The summed E-state index contributed by atoms with van der Waals surface area (Å²) in [6.07, 6.45) is 29.0. The van der Waals surface area contributed by atoms with E-state index in [0.29, 0.717) is 23.8 Å². The van der Waals surface area contributed by atoms with E-state index in [0.717, 1.165) is 37.4 Å². The van der Waals surface area contributed by atoms with Crippen molar-refractivity contribution in [1.29, 1.82) is 0 Å². The van der Waals surface area contributed by atoms with E-state index in [-0.39, 0.29) is 0 Å². The molecule has 0 amide bonds. The third-order valence-corrected chi connectivity index (χ3v) is 11.3. The van der Waals surface area contributed by atoms with E-state index in [4.69, 9.17) is 4.74 Å². The number of carbonyl (C=O) groups excluding carboxylic acids is 1. The van der Waals surface area contributed by atoms with Crippen molar-refractivity contribution in [3.63, 3.8) is 0 Å². The Balaban J connectivity index is 0.000000713. The predicted octanol–water partition coefficient (Wildman–Crippen LogP) is 11.8. The molecule has 0 bridgehead atoms. The number of ketones is 1. The van der Waals surface area contributed by atoms with Gasteiger partial charge in [0.1, 0.15) is 5.78 Å². The van der Waals surface area contributed by atoms with Crippen molar-refractivity contribution in [2.24, 2.45) is 17.3 Å². The number of rotatable bonds is 18. The molecule has 0 N–H and O–H groups in total. The molecule has 2 rings (SSSR count). The van der Waals surface area contributed by atoms with Crippen LogP contribution in [0.3, 0.4) is 0 Å². The number of carbonyl (C=O) groups is 1. The Morgan fingerprint density at radius 2 is 1.46 bits per heavy atom. The maximum Gasteiger partial charge on any atom is 0.133 e. The molecule has 0 aromatic heterocycles. The molecule has 4 heteroatoms. The molecule has 0 aromatic carbocycles. The van der Waals surface area contributed by atoms with Gasteiger partial charge in [-0.05, 0) is 12.3 Å². The maximum atomic E-state index is 11.7. The monoisotopic (exact) mass is 962 g/mol. The first kappa shape index (κ1) is 42.1. The first-order chi connectivity index (χ1) is 19.4. The molecule has 2 saturated carbocycles. The van der Waals surface area contributed by atoms with Crippen molar-refractivity contribution in [3.05, 3.63) is 12.3 Å². The topological polar surface area (TPSA) is 26.3 Å². The van der Waals surface area contributed by atoms with Crippen LogP contribution in [0.5, 0.6) is 0 Å². The molecule has 238 valence electrons. The maximum absolute atomic E-state index is 11.7. The number of ether oxygens (including phenoxy) is 1. The van der Waals surface area contributed by atoms with E-state index in [1.54, 1.807) is 0 Å². The molecule has 0 saturated heterocycles. The van der Waals surface area contributed by atoms with Gasteiger partial charge in [-0.15, -0.1) is 0 Å². The molecule has 0 spiro atoms. The fourth-order valence-corrected chi connectivity index (χ4v) is 6.78. The van der Waals surface area contributed by atoms with E-state index >= 15 is 0 Å². The van der Waals surface area contributed by atoms with Crippen LogP contribution in [0.25, 0.3) is 0 Å². The van der Waals surface area contributed by atoms with Gasteiger partial charge in [-0.25, -0.2) is 0 Å². The summed E-state index contributed by atoms with van der Waals surface area (Å²) < 4.78 is 6.58. The van der Waals surface area contributed by atoms with Crippen molar-refractivity contribution < 1.29 is 9.53 Å². The van der Waals surface area contributed by atoms with E-state index in [1.807, 2.05) is 0 Å². The quantitative estimate of drug-likeness (QED) is 0.0777. The van der Waals surface area contributed by atoms with E-state index < -0.39 is 0 Å². The van der Waals surface area contributed by atoms with Crippen LogP contribution in [-0.2, 0) is 9.53 Å². The fraction of sp³-hybridized carbons (Fsp3) is 0.919. The molecular weight excluding hydrogens is 891 g/mol. The molecular formula is C37H70O2Pb2. The largest absolute Gasteiger partial charge is 0.300 e. The zero-order chi connectivity index (χ0) is 31.2. The van der Waals surface area contributed by atoms with E-state index in [1.165, 1.54) is 167 Å². The van der Waals surface area contributed by atoms with Crippen molar-refractivity contribution in [3.8, 4) is 0 Å². The van der Waals surface area contributed by atoms with Gasteiger partial charge in [0.25, 0.3) is 0 Å². The number of Topliss-reactive ketones (excluding diaryl/α,β-unsaturated/α-hetero) is 1. The Hall–Kier alpha value is 1.05. The summed E-state index contributed by atoms with van der Waals surface area (Å²) in [4.78, 5) is 11.7. The second kappa shape index (κ2) is 25.3. The van der Waals surface area contributed by atoms with Gasteiger partial charge in [-0.1, -0.05) is 112 Å². The van der Waals surface area contributed by atoms with Crippen LogP contribution < -0.4 is 0 Å². The van der Waals surface area contributed by atoms with Crippen molar-refractivity contribution in [2.75, 3.05) is 0 Å². The molecule has 2 nitrogen and oxygen atoms in total. The second-order valence-corrected chi connectivity index (χ2v) is 29.3. The van der Waals surface area contributed by atoms with Crippen LogP contribution in [-0.4, -0.2) is 63.4 Å². The van der Waals surface area contributed by atoms with Gasteiger partial charge in [-0.2, -0.15) is 0 Å². The Morgan fingerprint density at radius 3 is 2.02 bits per heavy atom. The van der Waals surface area contributed by atoms with Crippen molar-refractivity contribution in [1.82, 2.24) is 0 Å². The van der Waals surface area contributed by atoms with Crippen LogP contribution >= 0.6 is 0 Å². The molecule has 4 unspecified atom stereocenters. The smallest absolute Gasteiger partial charge is 0.133 e. The SMILES string of the molecule is C=C(OC1CCC2(C)CCCCC2C1)[C](C)([Pb])[Pb].CCC.CCCCCCCCCCCC(C)CC(=O)CCCC. The number of fused-ring (bicyclic) bond motifs is 1. The standard InChI is InChI=1S/C19H38O.C15H24O.C3H8.2Pb/c1-4-6-8-9-10-11-12-13-14-15-18(3)17-19(20)16-7-5-2;1-4-12(2)16-14-8-10-15(3)9-6-5-7-13(15)11-14;1-3-2;;/h18H,4-17H2,1-3H3;13-14H,2,5-11H2,1,3H3;3H2,1-2H3;;. The van der Waals surface area contributed by atoms with Gasteiger partial charge in [0.2, 0.25) is 0 Å².